The quantitative estimate of drug-likeness (QED) is 0.606. The van der Waals surface area contributed by atoms with Crippen LogP contribution in [0.5, 0.6) is 0 Å². The smallest absolute Gasteiger partial charge is 0.255 e. The highest BCUT2D eigenvalue weighted by Gasteiger charge is 2.51. The average Bonchev–Trinajstić information content (AvgIpc) is 2.76. The number of nitrogens with one attached hydrogen (secondary N) is 1. The topological polar surface area (TPSA) is 52.7 Å². The predicted octanol–water partition coefficient (Wildman–Crippen LogP) is 4.28. The number of piperazine rings is 1. The molecule has 1 N–H and O–H groups in total. The molecule has 5 fully saturated rings. The summed E-state index contributed by atoms with van der Waals surface area (Å²) >= 11 is 1.52. The van der Waals surface area contributed by atoms with Gasteiger partial charge >= 0.3 is 0 Å². The fourth-order valence-corrected chi connectivity index (χ4v) is 8.17. The Hall–Kier alpha value is -1.53. The molecule has 0 unspecified atom stereocenters. The van der Waals surface area contributed by atoms with Gasteiger partial charge in [0.25, 0.3) is 5.91 Å². The zero-order chi connectivity index (χ0) is 23.0. The molecule has 0 atom stereocenters. The highest BCUT2D eigenvalue weighted by molar-refractivity contribution is 8.00. The van der Waals surface area contributed by atoms with Crippen LogP contribution in [0.1, 0.15) is 62.7 Å². The number of hydrogen-bond donors (Lipinski definition) is 1. The second-order valence-corrected chi connectivity index (χ2v) is 12.5. The van der Waals surface area contributed by atoms with Gasteiger partial charge in [-0.2, -0.15) is 0 Å². The number of benzene rings is 1. The van der Waals surface area contributed by atoms with Crippen LogP contribution in [0.25, 0.3) is 0 Å². The van der Waals surface area contributed by atoms with Crippen LogP contribution in [-0.4, -0.2) is 65.6 Å². The highest BCUT2D eigenvalue weighted by Crippen LogP contribution is 2.55. The Morgan fingerprint density at radius 3 is 2.21 bits per heavy atom. The summed E-state index contributed by atoms with van der Waals surface area (Å²) < 4.78 is 0. The third-order valence-electron chi connectivity index (χ3n) is 8.20. The van der Waals surface area contributed by atoms with Crippen LogP contribution in [0.15, 0.2) is 29.2 Å². The normalized spacial score (nSPS) is 31.2. The Kier molecular flexibility index (Phi) is 6.76. The summed E-state index contributed by atoms with van der Waals surface area (Å²) in [6, 6.07) is 7.81. The number of hydrogen-bond acceptors (Lipinski definition) is 4. The molecule has 4 saturated carbocycles. The van der Waals surface area contributed by atoms with Crippen molar-refractivity contribution >= 4 is 23.6 Å². The summed E-state index contributed by atoms with van der Waals surface area (Å²) in [4.78, 5) is 31.6. The van der Waals surface area contributed by atoms with Crippen molar-refractivity contribution in [1.29, 1.82) is 0 Å². The molecule has 6 rings (SSSR count). The van der Waals surface area contributed by atoms with Crippen molar-refractivity contribution < 1.29 is 9.59 Å². The maximum atomic E-state index is 13.3. The summed E-state index contributed by atoms with van der Waals surface area (Å²) in [5.41, 5.74) is 0.791. The minimum Gasteiger partial charge on any atom is -0.350 e. The number of carbonyl (C=O) groups excluding carboxylic acids is 2. The van der Waals surface area contributed by atoms with Gasteiger partial charge in [-0.15, -0.1) is 11.8 Å². The third kappa shape index (κ3) is 5.27. The van der Waals surface area contributed by atoms with Crippen molar-refractivity contribution in [3.63, 3.8) is 0 Å². The van der Waals surface area contributed by atoms with Gasteiger partial charge < -0.3 is 10.2 Å². The Labute approximate surface area is 203 Å². The largest absolute Gasteiger partial charge is 0.350 e. The fourth-order valence-electron chi connectivity index (χ4n) is 7.33. The standard InChI is InChI=1S/C27H39N3O2S/c1-19(2)17-29-7-9-30(10-8-29)26(32)23-5-3-4-6-24(23)33-18-25(31)28-27-14-20-11-21(15-27)13-22(12-20)16-27/h3-6,19-22H,7-18H2,1-2H3,(H,28,31). The number of rotatable bonds is 7. The summed E-state index contributed by atoms with van der Waals surface area (Å²) in [7, 11) is 0. The zero-order valence-corrected chi connectivity index (χ0v) is 21.0. The van der Waals surface area contributed by atoms with E-state index < -0.39 is 0 Å². The van der Waals surface area contributed by atoms with Crippen LogP contribution in [-0.2, 0) is 4.79 Å². The van der Waals surface area contributed by atoms with Gasteiger partial charge in [0.15, 0.2) is 0 Å². The first-order valence-corrected chi connectivity index (χ1v) is 13.9. The van der Waals surface area contributed by atoms with Crippen molar-refractivity contribution in [3.05, 3.63) is 29.8 Å². The van der Waals surface area contributed by atoms with Gasteiger partial charge in [0.2, 0.25) is 5.91 Å². The Morgan fingerprint density at radius 1 is 1.00 bits per heavy atom. The minimum absolute atomic E-state index is 0.0530. The van der Waals surface area contributed by atoms with Gasteiger partial charge in [0.1, 0.15) is 0 Å². The summed E-state index contributed by atoms with van der Waals surface area (Å²) in [5, 5.41) is 3.47. The lowest BCUT2D eigenvalue weighted by Gasteiger charge is -2.56. The van der Waals surface area contributed by atoms with Gasteiger partial charge in [-0.25, -0.2) is 0 Å². The monoisotopic (exact) mass is 469 g/mol. The van der Waals surface area contributed by atoms with Crippen molar-refractivity contribution in [3.8, 4) is 0 Å². The Bertz CT molecular complexity index is 843. The molecule has 4 aliphatic carbocycles. The van der Waals surface area contributed by atoms with Gasteiger partial charge in [0.05, 0.1) is 11.3 Å². The lowest BCUT2D eigenvalue weighted by Crippen LogP contribution is -2.60. The van der Waals surface area contributed by atoms with Gasteiger partial charge in [-0.3, -0.25) is 14.5 Å². The van der Waals surface area contributed by atoms with E-state index in [0.29, 0.717) is 11.7 Å². The van der Waals surface area contributed by atoms with E-state index in [-0.39, 0.29) is 17.4 Å². The van der Waals surface area contributed by atoms with Crippen LogP contribution in [0.4, 0.5) is 0 Å². The Balaban J connectivity index is 1.17. The third-order valence-corrected chi connectivity index (χ3v) is 9.28. The SMILES string of the molecule is CC(C)CN1CCN(C(=O)c2ccccc2SCC(=O)NC23CC4CC(CC(C4)C2)C3)CC1. The van der Waals surface area contributed by atoms with Gasteiger partial charge in [-0.1, -0.05) is 26.0 Å². The number of carbonyl (C=O) groups is 2. The fraction of sp³-hybridized carbons (Fsp3) is 0.704. The first-order valence-electron chi connectivity index (χ1n) is 12.9. The predicted molar refractivity (Wildman–Crippen MR) is 133 cm³/mol. The molecule has 5 aliphatic rings. The molecule has 1 heterocycles. The molecule has 180 valence electrons. The van der Waals surface area contributed by atoms with E-state index in [1.165, 1.54) is 50.3 Å². The highest BCUT2D eigenvalue weighted by atomic mass is 32.2. The van der Waals surface area contributed by atoms with Crippen molar-refractivity contribution in [2.45, 2.75) is 62.8 Å². The molecule has 5 nitrogen and oxygen atoms in total. The lowest BCUT2D eigenvalue weighted by atomic mass is 9.53. The lowest BCUT2D eigenvalue weighted by molar-refractivity contribution is -0.124. The molecule has 1 aromatic rings. The molecular formula is C27H39N3O2S. The van der Waals surface area contributed by atoms with E-state index in [2.05, 4.69) is 24.1 Å². The maximum Gasteiger partial charge on any atom is 0.255 e. The molecule has 2 amide bonds. The number of nitrogens with zero attached hydrogens (tertiary/aromatic N) is 2. The van der Waals surface area contributed by atoms with Crippen LogP contribution < -0.4 is 5.32 Å². The van der Waals surface area contributed by atoms with E-state index in [0.717, 1.165) is 60.9 Å². The van der Waals surface area contributed by atoms with Crippen molar-refractivity contribution in [2.24, 2.45) is 23.7 Å². The minimum atomic E-state index is 0.0530. The van der Waals surface area contributed by atoms with Crippen molar-refractivity contribution in [2.75, 3.05) is 38.5 Å². The molecule has 1 aromatic carbocycles. The molecule has 0 spiro atoms. The first-order chi connectivity index (χ1) is 15.9. The number of thioether (sulfide) groups is 1. The molecule has 4 bridgehead atoms. The molecule has 33 heavy (non-hydrogen) atoms. The Morgan fingerprint density at radius 2 is 1.61 bits per heavy atom. The molecule has 0 radical (unpaired) electrons. The van der Waals surface area contributed by atoms with Crippen LogP contribution in [0.3, 0.4) is 0 Å². The molecule has 6 heteroatoms. The molecular weight excluding hydrogens is 430 g/mol. The second kappa shape index (κ2) is 9.61. The summed E-state index contributed by atoms with van der Waals surface area (Å²) in [5.74, 6) is 3.73. The zero-order valence-electron chi connectivity index (χ0n) is 20.2. The molecule has 1 saturated heterocycles. The van der Waals surface area contributed by atoms with E-state index in [1.54, 1.807) is 0 Å². The number of amides is 2. The summed E-state index contributed by atoms with van der Waals surface area (Å²) in [6.07, 6.45) is 7.66. The van der Waals surface area contributed by atoms with Crippen LogP contribution >= 0.6 is 11.8 Å². The van der Waals surface area contributed by atoms with E-state index in [4.69, 9.17) is 0 Å². The van der Waals surface area contributed by atoms with E-state index >= 15 is 0 Å². The van der Waals surface area contributed by atoms with Gasteiger partial charge in [-0.05, 0) is 74.3 Å². The second-order valence-electron chi connectivity index (χ2n) is 11.5. The average molecular weight is 470 g/mol. The van der Waals surface area contributed by atoms with Crippen LogP contribution in [0.2, 0.25) is 0 Å². The molecule has 1 aliphatic heterocycles. The maximum absolute atomic E-state index is 13.3. The summed E-state index contributed by atoms with van der Waals surface area (Å²) in [6.45, 7) is 9.00. The first kappa shape index (κ1) is 23.2. The van der Waals surface area contributed by atoms with E-state index in [9.17, 15) is 9.59 Å². The molecule has 0 aromatic heterocycles. The van der Waals surface area contributed by atoms with Crippen LogP contribution in [0, 0.1) is 23.7 Å². The van der Waals surface area contributed by atoms with Gasteiger partial charge in [0, 0.05) is 43.2 Å². The van der Waals surface area contributed by atoms with Crippen molar-refractivity contribution in [1.82, 2.24) is 15.1 Å². The van der Waals surface area contributed by atoms with E-state index in [1.807, 2.05) is 29.2 Å².